The molecule has 0 bridgehead atoms. The summed E-state index contributed by atoms with van der Waals surface area (Å²) in [4.78, 5) is 12.6. The van der Waals surface area contributed by atoms with Crippen molar-refractivity contribution in [3.05, 3.63) is 53.0 Å². The lowest BCUT2D eigenvalue weighted by molar-refractivity contribution is -0.113. The summed E-state index contributed by atoms with van der Waals surface area (Å²) in [6, 6.07) is 3.70. The van der Waals surface area contributed by atoms with Crippen molar-refractivity contribution >= 4 is 11.9 Å². The maximum atomic E-state index is 12.6. The summed E-state index contributed by atoms with van der Waals surface area (Å²) in [5.74, 6) is 0.877. The second kappa shape index (κ2) is 5.73. The molecule has 1 heterocycles. The minimum absolute atomic E-state index is 0.116. The third kappa shape index (κ3) is 2.50. The zero-order chi connectivity index (χ0) is 15.7. The van der Waals surface area contributed by atoms with Crippen LogP contribution in [0.1, 0.15) is 45.3 Å². The van der Waals surface area contributed by atoms with Crippen LogP contribution in [0.5, 0.6) is 0 Å². The molecule has 2 atom stereocenters. The van der Waals surface area contributed by atoms with Gasteiger partial charge in [-0.05, 0) is 56.4 Å². The second-order valence-electron chi connectivity index (χ2n) is 6.50. The van der Waals surface area contributed by atoms with Crippen LogP contribution in [-0.2, 0) is 4.79 Å². The van der Waals surface area contributed by atoms with E-state index in [1.165, 1.54) is 0 Å². The minimum Gasteiger partial charge on any atom is -0.465 e. The van der Waals surface area contributed by atoms with Gasteiger partial charge in [0.15, 0.2) is 5.78 Å². The summed E-state index contributed by atoms with van der Waals surface area (Å²) < 4.78 is 5.24. The molecular weight excluding hydrogens is 276 g/mol. The van der Waals surface area contributed by atoms with E-state index in [-0.39, 0.29) is 17.3 Å². The van der Waals surface area contributed by atoms with Gasteiger partial charge < -0.3 is 9.52 Å². The van der Waals surface area contributed by atoms with E-state index >= 15 is 0 Å². The Morgan fingerprint density at radius 3 is 3.00 bits per heavy atom. The molecule has 3 heteroatoms. The summed E-state index contributed by atoms with van der Waals surface area (Å²) in [5, 5.41) is 10.5. The molecule has 2 aliphatic rings. The first kappa shape index (κ1) is 15.0. The number of fused-ring (bicyclic) bond motifs is 1. The van der Waals surface area contributed by atoms with Crippen LogP contribution in [-0.4, -0.2) is 17.0 Å². The third-order valence-corrected chi connectivity index (χ3v) is 5.07. The number of hydrogen-bond donors (Lipinski definition) is 1. The van der Waals surface area contributed by atoms with Crippen molar-refractivity contribution in [2.45, 2.75) is 45.6 Å². The van der Waals surface area contributed by atoms with Crippen molar-refractivity contribution in [2.24, 2.45) is 5.41 Å². The number of hydrogen-bond acceptors (Lipinski definition) is 3. The molecular formula is C19H22O3. The number of Topliss-reactive ketones (excluding diaryl/α,β-unsaturated/α-hetero) is 1. The van der Waals surface area contributed by atoms with Crippen molar-refractivity contribution in [1.29, 1.82) is 0 Å². The Labute approximate surface area is 131 Å². The number of ketones is 1. The minimum atomic E-state index is -0.364. The lowest BCUT2D eigenvalue weighted by Gasteiger charge is -2.45. The normalized spacial score (nSPS) is 31.1. The first-order chi connectivity index (χ1) is 10.5. The molecule has 3 rings (SSSR count). The lowest BCUT2D eigenvalue weighted by atomic mass is 9.61. The van der Waals surface area contributed by atoms with E-state index in [2.05, 4.69) is 6.92 Å². The molecule has 0 saturated heterocycles. The van der Waals surface area contributed by atoms with Gasteiger partial charge in [0.2, 0.25) is 0 Å². The smallest absolute Gasteiger partial charge is 0.184 e. The van der Waals surface area contributed by atoms with E-state index in [0.717, 1.165) is 41.7 Å². The predicted molar refractivity (Wildman–Crippen MR) is 86.1 cm³/mol. The van der Waals surface area contributed by atoms with Gasteiger partial charge in [0.25, 0.3) is 0 Å². The second-order valence-corrected chi connectivity index (χ2v) is 6.50. The molecule has 3 nitrogen and oxygen atoms in total. The summed E-state index contributed by atoms with van der Waals surface area (Å²) >= 11 is 0. The van der Waals surface area contributed by atoms with Gasteiger partial charge in [0.1, 0.15) is 5.76 Å². The highest BCUT2D eigenvalue weighted by Gasteiger charge is 2.45. The van der Waals surface area contributed by atoms with E-state index in [1.54, 1.807) is 6.26 Å². The standard InChI is InChI=1S/C19H22O3/c1-13-16-9-4-10-17(20)19(16,2)12-14(18(13)21)6-3-7-15-8-5-11-22-15/h3,5-8,11,17,20H,4,9-10,12H2,1-2H3/t17-,19-/m0/s1. The van der Waals surface area contributed by atoms with Gasteiger partial charge in [-0.25, -0.2) is 0 Å². The quantitative estimate of drug-likeness (QED) is 0.838. The molecule has 0 aromatic carbocycles. The third-order valence-electron chi connectivity index (χ3n) is 5.07. The largest absolute Gasteiger partial charge is 0.465 e. The Hall–Kier alpha value is -1.87. The Balaban J connectivity index is 1.91. The topological polar surface area (TPSA) is 50.4 Å². The summed E-state index contributed by atoms with van der Waals surface area (Å²) in [5.41, 5.74) is 2.46. The van der Waals surface area contributed by atoms with Crippen LogP contribution in [0.25, 0.3) is 6.08 Å². The molecule has 0 spiro atoms. The zero-order valence-electron chi connectivity index (χ0n) is 13.1. The lowest BCUT2D eigenvalue weighted by Crippen LogP contribution is -2.42. The average Bonchev–Trinajstić information content (AvgIpc) is 3.00. The fourth-order valence-electron chi connectivity index (χ4n) is 3.75. The van der Waals surface area contributed by atoms with E-state index < -0.39 is 0 Å². The number of aliphatic hydroxyl groups is 1. The molecule has 0 aliphatic heterocycles. The van der Waals surface area contributed by atoms with Crippen LogP contribution in [0.3, 0.4) is 0 Å². The first-order valence-corrected chi connectivity index (χ1v) is 7.86. The van der Waals surface area contributed by atoms with Crippen molar-refractivity contribution in [3.63, 3.8) is 0 Å². The highest BCUT2D eigenvalue weighted by atomic mass is 16.3. The van der Waals surface area contributed by atoms with Crippen LogP contribution >= 0.6 is 0 Å². The Bertz CT molecular complexity index is 661. The molecule has 2 aliphatic carbocycles. The van der Waals surface area contributed by atoms with Crippen LogP contribution in [0.2, 0.25) is 0 Å². The molecule has 1 fully saturated rings. The van der Waals surface area contributed by atoms with E-state index in [9.17, 15) is 9.90 Å². The molecule has 1 aromatic rings. The Morgan fingerprint density at radius 2 is 2.27 bits per heavy atom. The molecule has 1 saturated carbocycles. The molecule has 0 unspecified atom stereocenters. The summed E-state index contributed by atoms with van der Waals surface area (Å²) in [6.45, 7) is 3.99. The Kier molecular flexibility index (Phi) is 3.92. The van der Waals surface area contributed by atoms with Crippen LogP contribution in [0, 0.1) is 5.41 Å². The molecule has 0 radical (unpaired) electrons. The van der Waals surface area contributed by atoms with E-state index in [4.69, 9.17) is 4.42 Å². The van der Waals surface area contributed by atoms with Crippen molar-refractivity contribution in [3.8, 4) is 0 Å². The van der Waals surface area contributed by atoms with Gasteiger partial charge in [0, 0.05) is 11.0 Å². The fourth-order valence-corrected chi connectivity index (χ4v) is 3.75. The summed E-state index contributed by atoms with van der Waals surface area (Å²) in [6.07, 6.45) is 10.1. The molecule has 116 valence electrons. The van der Waals surface area contributed by atoms with E-state index in [1.807, 2.05) is 37.3 Å². The van der Waals surface area contributed by atoms with Crippen LogP contribution in [0.4, 0.5) is 0 Å². The molecule has 1 aromatic heterocycles. The monoisotopic (exact) mass is 298 g/mol. The van der Waals surface area contributed by atoms with Crippen LogP contribution in [0.15, 0.2) is 51.7 Å². The van der Waals surface area contributed by atoms with Crippen molar-refractivity contribution in [1.82, 2.24) is 0 Å². The zero-order valence-corrected chi connectivity index (χ0v) is 13.1. The predicted octanol–water partition coefficient (Wildman–Crippen LogP) is 4.06. The summed E-state index contributed by atoms with van der Waals surface area (Å²) in [7, 11) is 0. The maximum Gasteiger partial charge on any atom is 0.184 e. The van der Waals surface area contributed by atoms with Gasteiger partial charge in [-0.15, -0.1) is 0 Å². The molecule has 1 N–H and O–H groups in total. The maximum absolute atomic E-state index is 12.6. The van der Waals surface area contributed by atoms with Gasteiger partial charge in [0.05, 0.1) is 12.4 Å². The number of aliphatic hydroxyl groups excluding tert-OH is 1. The molecule has 22 heavy (non-hydrogen) atoms. The Morgan fingerprint density at radius 1 is 1.45 bits per heavy atom. The van der Waals surface area contributed by atoms with Crippen LogP contribution < -0.4 is 0 Å². The van der Waals surface area contributed by atoms with Gasteiger partial charge >= 0.3 is 0 Å². The average molecular weight is 298 g/mol. The van der Waals surface area contributed by atoms with E-state index in [0.29, 0.717) is 6.42 Å². The van der Waals surface area contributed by atoms with Gasteiger partial charge in [-0.3, -0.25) is 4.79 Å². The first-order valence-electron chi connectivity index (χ1n) is 7.86. The fraction of sp³-hybridized carbons (Fsp3) is 0.421. The number of furan rings is 1. The molecule has 0 amide bonds. The highest BCUT2D eigenvalue weighted by molar-refractivity contribution is 6.09. The SMILES string of the molecule is CC1=C2CCC[C@H](O)[C@@]2(C)CC(=CC=Cc2ccco2)C1=O. The number of carbonyl (C=O) groups excluding carboxylic acids is 1. The number of rotatable bonds is 2. The van der Waals surface area contributed by atoms with Crippen molar-refractivity contribution < 1.29 is 14.3 Å². The number of allylic oxidation sites excluding steroid dienone is 4. The highest BCUT2D eigenvalue weighted by Crippen LogP contribution is 2.50. The number of carbonyl (C=O) groups is 1. The van der Waals surface area contributed by atoms with Gasteiger partial charge in [-0.1, -0.05) is 24.6 Å². The van der Waals surface area contributed by atoms with Crippen molar-refractivity contribution in [2.75, 3.05) is 0 Å². The van der Waals surface area contributed by atoms with Gasteiger partial charge in [-0.2, -0.15) is 0 Å².